The summed E-state index contributed by atoms with van der Waals surface area (Å²) in [4.78, 5) is 12.1. The van der Waals surface area contributed by atoms with E-state index in [1.165, 1.54) is 5.56 Å². The van der Waals surface area contributed by atoms with Crippen LogP contribution in [0.2, 0.25) is 0 Å². The van der Waals surface area contributed by atoms with Crippen molar-refractivity contribution >= 4 is 5.91 Å². The highest BCUT2D eigenvalue weighted by molar-refractivity contribution is 5.82. The standard InChI is InChI=1S/C15H22N2O2/c1-10-4-6-12(7-5-10)11(2)17-15(18)14-8-13(19-3)9-16-14/h4-7,11,13-14,16H,8-9H2,1-3H3,(H,17,18). The number of methoxy groups -OCH3 is 1. The van der Waals surface area contributed by atoms with Crippen molar-refractivity contribution in [1.29, 1.82) is 0 Å². The highest BCUT2D eigenvalue weighted by atomic mass is 16.5. The lowest BCUT2D eigenvalue weighted by molar-refractivity contribution is -0.123. The first-order valence-corrected chi connectivity index (χ1v) is 6.73. The van der Waals surface area contributed by atoms with E-state index in [0.29, 0.717) is 0 Å². The monoisotopic (exact) mass is 262 g/mol. The van der Waals surface area contributed by atoms with Crippen LogP contribution >= 0.6 is 0 Å². The molecule has 1 saturated heterocycles. The van der Waals surface area contributed by atoms with E-state index in [2.05, 4.69) is 41.8 Å². The smallest absolute Gasteiger partial charge is 0.237 e. The number of amides is 1. The predicted octanol–water partition coefficient (Wildman–Crippen LogP) is 1.55. The van der Waals surface area contributed by atoms with E-state index in [1.54, 1.807) is 7.11 Å². The fourth-order valence-electron chi connectivity index (χ4n) is 2.33. The Balaban J connectivity index is 1.90. The van der Waals surface area contributed by atoms with Crippen LogP contribution < -0.4 is 10.6 Å². The van der Waals surface area contributed by atoms with E-state index in [1.807, 2.05) is 6.92 Å². The second kappa shape index (κ2) is 6.17. The summed E-state index contributed by atoms with van der Waals surface area (Å²) in [6.45, 7) is 4.80. The minimum absolute atomic E-state index is 0.0245. The number of carbonyl (C=O) groups is 1. The van der Waals surface area contributed by atoms with Crippen LogP contribution in [-0.4, -0.2) is 31.7 Å². The Hall–Kier alpha value is -1.39. The van der Waals surface area contributed by atoms with E-state index in [-0.39, 0.29) is 24.1 Å². The molecule has 19 heavy (non-hydrogen) atoms. The highest BCUT2D eigenvalue weighted by Gasteiger charge is 2.29. The summed E-state index contributed by atoms with van der Waals surface area (Å²) in [6.07, 6.45) is 0.883. The van der Waals surface area contributed by atoms with E-state index in [9.17, 15) is 4.79 Å². The molecular formula is C15H22N2O2. The second-order valence-corrected chi connectivity index (χ2v) is 5.20. The van der Waals surface area contributed by atoms with Crippen molar-refractivity contribution in [3.8, 4) is 0 Å². The summed E-state index contributed by atoms with van der Waals surface area (Å²) < 4.78 is 5.25. The maximum absolute atomic E-state index is 12.1. The van der Waals surface area contributed by atoms with Crippen molar-refractivity contribution in [2.45, 2.75) is 38.5 Å². The molecule has 3 unspecified atom stereocenters. The Kier molecular flexibility index (Phi) is 4.56. The molecule has 104 valence electrons. The molecule has 0 aromatic heterocycles. The average Bonchev–Trinajstić information content (AvgIpc) is 2.88. The van der Waals surface area contributed by atoms with E-state index in [0.717, 1.165) is 18.5 Å². The van der Waals surface area contributed by atoms with Gasteiger partial charge in [-0.3, -0.25) is 4.79 Å². The van der Waals surface area contributed by atoms with Crippen molar-refractivity contribution in [1.82, 2.24) is 10.6 Å². The molecule has 1 aromatic carbocycles. The van der Waals surface area contributed by atoms with Crippen molar-refractivity contribution < 1.29 is 9.53 Å². The maximum Gasteiger partial charge on any atom is 0.237 e. The number of carbonyl (C=O) groups excluding carboxylic acids is 1. The van der Waals surface area contributed by atoms with Crippen LogP contribution in [0.1, 0.15) is 30.5 Å². The van der Waals surface area contributed by atoms with Crippen LogP contribution in [0.3, 0.4) is 0 Å². The highest BCUT2D eigenvalue weighted by Crippen LogP contribution is 2.15. The summed E-state index contributed by atoms with van der Waals surface area (Å²) in [6, 6.07) is 8.12. The van der Waals surface area contributed by atoms with Gasteiger partial charge < -0.3 is 15.4 Å². The summed E-state index contributed by atoms with van der Waals surface area (Å²) >= 11 is 0. The number of hydrogen-bond acceptors (Lipinski definition) is 3. The van der Waals surface area contributed by atoms with E-state index in [4.69, 9.17) is 4.74 Å². The molecule has 2 rings (SSSR count). The van der Waals surface area contributed by atoms with Gasteiger partial charge in [0.1, 0.15) is 0 Å². The molecule has 0 spiro atoms. The minimum atomic E-state index is -0.141. The van der Waals surface area contributed by atoms with Gasteiger partial charge in [-0.15, -0.1) is 0 Å². The summed E-state index contributed by atoms with van der Waals surface area (Å²) in [5.41, 5.74) is 2.35. The molecule has 0 aliphatic carbocycles. The summed E-state index contributed by atoms with van der Waals surface area (Å²) in [7, 11) is 1.68. The Bertz CT molecular complexity index is 430. The molecule has 4 heteroatoms. The number of nitrogens with one attached hydrogen (secondary N) is 2. The van der Waals surface area contributed by atoms with Crippen LogP contribution in [0.5, 0.6) is 0 Å². The third-order valence-corrected chi connectivity index (χ3v) is 3.68. The first-order chi connectivity index (χ1) is 9.10. The Morgan fingerprint density at radius 1 is 1.42 bits per heavy atom. The average molecular weight is 262 g/mol. The van der Waals surface area contributed by atoms with Crippen LogP contribution in [0.25, 0.3) is 0 Å². The molecule has 1 amide bonds. The first-order valence-electron chi connectivity index (χ1n) is 6.73. The van der Waals surface area contributed by atoms with Gasteiger partial charge in [0.25, 0.3) is 0 Å². The van der Waals surface area contributed by atoms with Crippen molar-refractivity contribution in [2.24, 2.45) is 0 Å². The second-order valence-electron chi connectivity index (χ2n) is 5.20. The molecular weight excluding hydrogens is 240 g/mol. The predicted molar refractivity (Wildman–Crippen MR) is 74.9 cm³/mol. The molecule has 1 aromatic rings. The van der Waals surface area contributed by atoms with Gasteiger partial charge in [-0.25, -0.2) is 0 Å². The maximum atomic E-state index is 12.1. The zero-order valence-electron chi connectivity index (χ0n) is 11.8. The largest absolute Gasteiger partial charge is 0.380 e. The SMILES string of the molecule is COC1CNC(C(=O)NC(C)c2ccc(C)cc2)C1. The van der Waals surface area contributed by atoms with Crippen LogP contribution in [-0.2, 0) is 9.53 Å². The summed E-state index contributed by atoms with van der Waals surface area (Å²) in [5, 5.41) is 6.23. The van der Waals surface area contributed by atoms with Crippen LogP contribution in [0.15, 0.2) is 24.3 Å². The topological polar surface area (TPSA) is 50.4 Å². The molecule has 3 atom stereocenters. The number of benzene rings is 1. The van der Waals surface area contributed by atoms with Gasteiger partial charge in [0, 0.05) is 13.7 Å². The zero-order chi connectivity index (χ0) is 13.8. The molecule has 1 aliphatic heterocycles. The molecule has 1 heterocycles. The zero-order valence-corrected chi connectivity index (χ0v) is 11.8. The quantitative estimate of drug-likeness (QED) is 0.865. The van der Waals surface area contributed by atoms with E-state index >= 15 is 0 Å². The lowest BCUT2D eigenvalue weighted by Gasteiger charge is -2.17. The Morgan fingerprint density at radius 3 is 2.68 bits per heavy atom. The van der Waals surface area contributed by atoms with E-state index < -0.39 is 0 Å². The third-order valence-electron chi connectivity index (χ3n) is 3.68. The minimum Gasteiger partial charge on any atom is -0.380 e. The molecule has 4 nitrogen and oxygen atoms in total. The molecule has 1 aliphatic rings. The van der Waals surface area contributed by atoms with Gasteiger partial charge in [-0.1, -0.05) is 29.8 Å². The van der Waals surface area contributed by atoms with Crippen LogP contribution in [0, 0.1) is 6.92 Å². The van der Waals surface area contributed by atoms with Crippen molar-refractivity contribution in [3.05, 3.63) is 35.4 Å². The molecule has 0 bridgehead atoms. The molecule has 0 radical (unpaired) electrons. The fourth-order valence-corrected chi connectivity index (χ4v) is 2.33. The Morgan fingerprint density at radius 2 is 2.11 bits per heavy atom. The van der Waals surface area contributed by atoms with Gasteiger partial charge in [0.15, 0.2) is 0 Å². The number of hydrogen-bond donors (Lipinski definition) is 2. The number of rotatable bonds is 4. The molecule has 2 N–H and O–H groups in total. The first kappa shape index (κ1) is 14.0. The fraction of sp³-hybridized carbons (Fsp3) is 0.533. The number of ether oxygens (including phenoxy) is 1. The Labute approximate surface area is 114 Å². The third kappa shape index (κ3) is 3.55. The summed E-state index contributed by atoms with van der Waals surface area (Å²) in [5.74, 6) is 0.0487. The lowest BCUT2D eigenvalue weighted by Crippen LogP contribution is -2.41. The number of aryl methyl sites for hydroxylation is 1. The van der Waals surface area contributed by atoms with Gasteiger partial charge in [0.05, 0.1) is 18.2 Å². The molecule has 0 saturated carbocycles. The van der Waals surface area contributed by atoms with Gasteiger partial charge in [-0.2, -0.15) is 0 Å². The lowest BCUT2D eigenvalue weighted by atomic mass is 10.1. The normalized spacial score (nSPS) is 24.2. The van der Waals surface area contributed by atoms with Gasteiger partial charge >= 0.3 is 0 Å². The van der Waals surface area contributed by atoms with Gasteiger partial charge in [0.2, 0.25) is 5.91 Å². The van der Waals surface area contributed by atoms with Gasteiger partial charge in [-0.05, 0) is 25.8 Å². The van der Waals surface area contributed by atoms with Crippen molar-refractivity contribution in [2.75, 3.05) is 13.7 Å². The van der Waals surface area contributed by atoms with Crippen LogP contribution in [0.4, 0.5) is 0 Å². The molecule has 1 fully saturated rings. The van der Waals surface area contributed by atoms with Crippen molar-refractivity contribution in [3.63, 3.8) is 0 Å².